The van der Waals surface area contributed by atoms with E-state index in [1.54, 1.807) is 0 Å². The molecule has 0 amide bonds. The Morgan fingerprint density at radius 3 is 2.53 bits per heavy atom. The molecule has 1 aliphatic rings. The fourth-order valence-corrected chi connectivity index (χ4v) is 3.24. The largest absolute Gasteiger partial charge is 0.399 e. The van der Waals surface area contributed by atoms with Crippen LogP contribution in [0.15, 0.2) is 18.2 Å². The molecule has 2 nitrogen and oxygen atoms in total. The molecule has 2 heteroatoms. The molecule has 2 N–H and O–H groups in total. The number of rotatable bonds is 1. The van der Waals surface area contributed by atoms with Crippen LogP contribution >= 0.6 is 0 Å². The Hall–Kier alpha value is -1.18. The number of benzene rings is 1. The van der Waals surface area contributed by atoms with Crippen molar-refractivity contribution in [1.82, 2.24) is 0 Å². The van der Waals surface area contributed by atoms with Crippen molar-refractivity contribution in [1.29, 1.82) is 0 Å². The molecule has 1 aromatic carbocycles. The molecule has 106 valence electrons. The third-order valence-electron chi connectivity index (χ3n) is 4.51. The van der Waals surface area contributed by atoms with E-state index in [1.165, 1.54) is 43.6 Å². The highest BCUT2D eigenvalue weighted by atomic mass is 15.1. The number of hydrogen-bond acceptors (Lipinski definition) is 2. The normalized spacial score (nSPS) is 21.3. The molecule has 2 rings (SSSR count). The van der Waals surface area contributed by atoms with Crippen molar-refractivity contribution in [2.75, 3.05) is 23.7 Å². The van der Waals surface area contributed by atoms with Gasteiger partial charge in [-0.05, 0) is 61.3 Å². The van der Waals surface area contributed by atoms with Crippen LogP contribution in [0.2, 0.25) is 0 Å². The molecular formula is C17H28N2. The predicted octanol–water partition coefficient (Wildman–Crippen LogP) is 4.23. The molecule has 19 heavy (non-hydrogen) atoms. The van der Waals surface area contributed by atoms with Crippen molar-refractivity contribution >= 4 is 11.4 Å². The second-order valence-electron chi connectivity index (χ2n) is 7.03. The summed E-state index contributed by atoms with van der Waals surface area (Å²) in [7, 11) is 0. The first kappa shape index (κ1) is 14.2. The summed E-state index contributed by atoms with van der Waals surface area (Å²) in [6.07, 6.45) is 3.95. The summed E-state index contributed by atoms with van der Waals surface area (Å²) in [6.45, 7) is 11.6. The van der Waals surface area contributed by atoms with Crippen molar-refractivity contribution in [2.24, 2.45) is 11.3 Å². The number of hydrogen-bond donors (Lipinski definition) is 1. The predicted molar refractivity (Wildman–Crippen MR) is 84.6 cm³/mol. The highest BCUT2D eigenvalue weighted by molar-refractivity contribution is 5.59. The topological polar surface area (TPSA) is 29.3 Å². The average molecular weight is 260 g/mol. The van der Waals surface area contributed by atoms with E-state index in [2.05, 4.69) is 44.7 Å². The van der Waals surface area contributed by atoms with E-state index in [1.807, 2.05) is 6.07 Å². The highest BCUT2D eigenvalue weighted by Crippen LogP contribution is 2.35. The molecule has 1 unspecified atom stereocenters. The van der Waals surface area contributed by atoms with Crippen LogP contribution in [-0.2, 0) is 0 Å². The Balaban J connectivity index is 2.11. The molecule has 1 aromatic rings. The molecule has 0 bridgehead atoms. The van der Waals surface area contributed by atoms with E-state index in [4.69, 9.17) is 5.73 Å². The lowest BCUT2D eigenvalue weighted by atomic mass is 9.77. The lowest BCUT2D eigenvalue weighted by molar-refractivity contribution is 0.220. The molecule has 1 aliphatic heterocycles. The van der Waals surface area contributed by atoms with Crippen LogP contribution in [-0.4, -0.2) is 13.1 Å². The zero-order valence-electron chi connectivity index (χ0n) is 12.9. The summed E-state index contributed by atoms with van der Waals surface area (Å²) >= 11 is 0. The molecule has 0 spiro atoms. The Kier molecular flexibility index (Phi) is 4.07. The van der Waals surface area contributed by atoms with Gasteiger partial charge in [-0.1, -0.05) is 20.8 Å². The van der Waals surface area contributed by atoms with Crippen LogP contribution in [0, 0.1) is 18.3 Å². The minimum atomic E-state index is 0.437. The van der Waals surface area contributed by atoms with Gasteiger partial charge >= 0.3 is 0 Å². The van der Waals surface area contributed by atoms with E-state index in [0.29, 0.717) is 5.41 Å². The van der Waals surface area contributed by atoms with Crippen molar-refractivity contribution in [3.05, 3.63) is 23.8 Å². The smallest absolute Gasteiger partial charge is 0.0397 e. The fourth-order valence-electron chi connectivity index (χ4n) is 3.24. The minimum absolute atomic E-state index is 0.437. The van der Waals surface area contributed by atoms with Gasteiger partial charge in [0.05, 0.1) is 0 Å². The highest BCUT2D eigenvalue weighted by Gasteiger charge is 2.27. The maximum absolute atomic E-state index is 5.85. The van der Waals surface area contributed by atoms with Crippen molar-refractivity contribution in [3.8, 4) is 0 Å². The second-order valence-corrected chi connectivity index (χ2v) is 7.03. The molecule has 0 radical (unpaired) electrons. The third kappa shape index (κ3) is 3.43. The Bertz CT molecular complexity index is 431. The van der Waals surface area contributed by atoms with Gasteiger partial charge in [-0.2, -0.15) is 0 Å². The average Bonchev–Trinajstić information content (AvgIpc) is 2.54. The molecule has 1 atom stereocenters. The van der Waals surface area contributed by atoms with Crippen LogP contribution in [0.4, 0.5) is 11.4 Å². The summed E-state index contributed by atoms with van der Waals surface area (Å²) in [5.74, 6) is 0.839. The lowest BCUT2D eigenvalue weighted by Gasteiger charge is -2.30. The van der Waals surface area contributed by atoms with E-state index >= 15 is 0 Å². The monoisotopic (exact) mass is 260 g/mol. The first-order chi connectivity index (χ1) is 8.88. The van der Waals surface area contributed by atoms with E-state index in [9.17, 15) is 0 Å². The Morgan fingerprint density at radius 1 is 1.16 bits per heavy atom. The van der Waals surface area contributed by atoms with Crippen molar-refractivity contribution in [2.45, 2.75) is 47.0 Å². The number of nitrogens with zero attached hydrogens (tertiary/aromatic N) is 1. The number of anilines is 2. The molecule has 0 aromatic heterocycles. The van der Waals surface area contributed by atoms with Gasteiger partial charge in [0.25, 0.3) is 0 Å². The van der Waals surface area contributed by atoms with Gasteiger partial charge < -0.3 is 10.6 Å². The quantitative estimate of drug-likeness (QED) is 0.766. The van der Waals surface area contributed by atoms with Gasteiger partial charge in [0, 0.05) is 24.5 Å². The van der Waals surface area contributed by atoms with Crippen LogP contribution in [0.3, 0.4) is 0 Å². The molecule has 1 heterocycles. The van der Waals surface area contributed by atoms with Crippen molar-refractivity contribution in [3.63, 3.8) is 0 Å². The minimum Gasteiger partial charge on any atom is -0.399 e. The molecule has 1 fully saturated rings. The maximum atomic E-state index is 5.85. The molecule has 1 saturated heterocycles. The van der Waals surface area contributed by atoms with Gasteiger partial charge in [0.15, 0.2) is 0 Å². The Morgan fingerprint density at radius 2 is 1.89 bits per heavy atom. The number of nitrogens with two attached hydrogens (primary N) is 1. The van der Waals surface area contributed by atoms with Gasteiger partial charge in [0.1, 0.15) is 0 Å². The van der Waals surface area contributed by atoms with E-state index < -0.39 is 0 Å². The van der Waals surface area contributed by atoms with Gasteiger partial charge in [0.2, 0.25) is 0 Å². The summed E-state index contributed by atoms with van der Waals surface area (Å²) in [5, 5.41) is 0. The molecular weight excluding hydrogens is 232 g/mol. The first-order valence-electron chi connectivity index (χ1n) is 7.49. The Labute approximate surface area is 118 Å². The van der Waals surface area contributed by atoms with Gasteiger partial charge in [-0.15, -0.1) is 0 Å². The summed E-state index contributed by atoms with van der Waals surface area (Å²) in [5.41, 5.74) is 9.81. The lowest BCUT2D eigenvalue weighted by Crippen LogP contribution is -2.26. The molecule has 0 saturated carbocycles. The van der Waals surface area contributed by atoms with Gasteiger partial charge in [-0.25, -0.2) is 0 Å². The zero-order chi connectivity index (χ0) is 14.0. The summed E-state index contributed by atoms with van der Waals surface area (Å²) < 4.78 is 0. The standard InChI is InChI=1S/C17H28N2/c1-13-12-15(18)7-8-16(13)19-10-5-6-14(9-11-19)17(2,3)4/h7-8,12,14H,5-6,9-11,18H2,1-4H3. The SMILES string of the molecule is Cc1cc(N)ccc1N1CCCC(C(C)(C)C)CC1. The number of aryl methyl sites for hydroxylation is 1. The molecule has 0 aliphatic carbocycles. The van der Waals surface area contributed by atoms with E-state index in [0.717, 1.165) is 11.6 Å². The van der Waals surface area contributed by atoms with Crippen LogP contribution < -0.4 is 10.6 Å². The summed E-state index contributed by atoms with van der Waals surface area (Å²) in [4.78, 5) is 2.54. The zero-order valence-corrected chi connectivity index (χ0v) is 12.9. The first-order valence-corrected chi connectivity index (χ1v) is 7.49. The summed E-state index contributed by atoms with van der Waals surface area (Å²) in [6, 6.07) is 6.29. The third-order valence-corrected chi connectivity index (χ3v) is 4.51. The van der Waals surface area contributed by atoms with E-state index in [-0.39, 0.29) is 0 Å². The fraction of sp³-hybridized carbons (Fsp3) is 0.647. The van der Waals surface area contributed by atoms with Crippen molar-refractivity contribution < 1.29 is 0 Å². The number of nitrogen functional groups attached to an aromatic ring is 1. The van der Waals surface area contributed by atoms with Crippen LogP contribution in [0.1, 0.15) is 45.6 Å². The maximum Gasteiger partial charge on any atom is 0.0397 e. The second kappa shape index (κ2) is 5.44. The van der Waals surface area contributed by atoms with Crippen LogP contribution in [0.25, 0.3) is 0 Å². The van der Waals surface area contributed by atoms with Crippen LogP contribution in [0.5, 0.6) is 0 Å². The van der Waals surface area contributed by atoms with Gasteiger partial charge in [-0.3, -0.25) is 0 Å².